The SMILES string of the molecule is CCOc1ccc(/C=N/NC(=O)Cc2ccc(F)cc2)cc1. The second kappa shape index (κ2) is 7.93. The van der Waals surface area contributed by atoms with E-state index in [0.717, 1.165) is 16.9 Å². The second-order valence-corrected chi connectivity index (χ2v) is 4.60. The van der Waals surface area contributed by atoms with E-state index in [1.54, 1.807) is 18.3 Å². The van der Waals surface area contributed by atoms with Crippen molar-refractivity contribution in [3.05, 3.63) is 65.5 Å². The Labute approximate surface area is 128 Å². The molecule has 0 heterocycles. The average molecular weight is 300 g/mol. The molecule has 2 rings (SSSR count). The summed E-state index contributed by atoms with van der Waals surface area (Å²) >= 11 is 0. The summed E-state index contributed by atoms with van der Waals surface area (Å²) in [7, 11) is 0. The van der Waals surface area contributed by atoms with Gasteiger partial charge in [-0.25, -0.2) is 9.82 Å². The fraction of sp³-hybridized carbons (Fsp3) is 0.176. The zero-order chi connectivity index (χ0) is 15.8. The molecular weight excluding hydrogens is 283 g/mol. The summed E-state index contributed by atoms with van der Waals surface area (Å²) in [6.07, 6.45) is 1.71. The molecule has 0 aromatic heterocycles. The highest BCUT2D eigenvalue weighted by atomic mass is 19.1. The molecule has 0 aliphatic heterocycles. The minimum Gasteiger partial charge on any atom is -0.494 e. The number of hydrazone groups is 1. The fourth-order valence-electron chi connectivity index (χ4n) is 1.82. The van der Waals surface area contributed by atoms with Gasteiger partial charge in [-0.2, -0.15) is 5.10 Å². The van der Waals surface area contributed by atoms with Gasteiger partial charge in [-0.3, -0.25) is 4.79 Å². The van der Waals surface area contributed by atoms with Crippen molar-refractivity contribution < 1.29 is 13.9 Å². The highest BCUT2D eigenvalue weighted by Gasteiger charge is 2.02. The van der Waals surface area contributed by atoms with Crippen molar-refractivity contribution in [3.63, 3.8) is 0 Å². The predicted octanol–water partition coefficient (Wildman–Crippen LogP) is 2.92. The van der Waals surface area contributed by atoms with Crippen LogP contribution >= 0.6 is 0 Å². The lowest BCUT2D eigenvalue weighted by Gasteiger charge is -2.02. The van der Waals surface area contributed by atoms with Crippen LogP contribution in [0.25, 0.3) is 0 Å². The van der Waals surface area contributed by atoms with Crippen molar-refractivity contribution in [1.29, 1.82) is 0 Å². The maximum atomic E-state index is 12.8. The molecule has 114 valence electrons. The van der Waals surface area contributed by atoms with Gasteiger partial charge in [0, 0.05) is 0 Å². The summed E-state index contributed by atoms with van der Waals surface area (Å²) in [5, 5.41) is 3.89. The summed E-state index contributed by atoms with van der Waals surface area (Å²) < 4.78 is 18.1. The number of benzene rings is 2. The maximum absolute atomic E-state index is 12.8. The molecule has 0 bridgehead atoms. The average Bonchev–Trinajstić information content (AvgIpc) is 2.52. The molecule has 0 unspecified atom stereocenters. The number of carbonyl (C=O) groups is 1. The third-order valence-corrected chi connectivity index (χ3v) is 2.87. The number of halogens is 1. The molecule has 2 aromatic rings. The number of carbonyl (C=O) groups excluding carboxylic acids is 1. The third-order valence-electron chi connectivity index (χ3n) is 2.87. The van der Waals surface area contributed by atoms with E-state index in [0.29, 0.717) is 6.61 Å². The summed E-state index contributed by atoms with van der Waals surface area (Å²) in [4.78, 5) is 11.7. The Hall–Kier alpha value is -2.69. The zero-order valence-electron chi connectivity index (χ0n) is 12.3. The van der Waals surface area contributed by atoms with Crippen LogP contribution in [0.5, 0.6) is 5.75 Å². The van der Waals surface area contributed by atoms with E-state index in [-0.39, 0.29) is 18.1 Å². The Kier molecular flexibility index (Phi) is 5.65. The Morgan fingerprint density at radius 3 is 2.50 bits per heavy atom. The van der Waals surface area contributed by atoms with E-state index in [4.69, 9.17) is 4.74 Å². The van der Waals surface area contributed by atoms with Crippen molar-refractivity contribution in [2.45, 2.75) is 13.3 Å². The monoisotopic (exact) mass is 300 g/mol. The molecule has 1 N–H and O–H groups in total. The molecule has 0 atom stereocenters. The molecule has 4 nitrogen and oxygen atoms in total. The smallest absolute Gasteiger partial charge is 0.244 e. The summed E-state index contributed by atoms with van der Waals surface area (Å²) in [6, 6.07) is 13.2. The number of rotatable bonds is 6. The molecule has 0 saturated carbocycles. The molecule has 2 aromatic carbocycles. The van der Waals surface area contributed by atoms with Crippen LogP contribution in [-0.4, -0.2) is 18.7 Å². The standard InChI is InChI=1S/C17H17FN2O2/c1-2-22-16-9-5-14(6-10-16)12-19-20-17(21)11-13-3-7-15(18)8-4-13/h3-10,12H,2,11H2,1H3,(H,20,21)/b19-12+. The molecule has 22 heavy (non-hydrogen) atoms. The molecule has 0 spiro atoms. The van der Waals surface area contributed by atoms with Crippen LogP contribution in [0, 0.1) is 5.82 Å². The Balaban J connectivity index is 1.83. The predicted molar refractivity (Wildman–Crippen MR) is 83.5 cm³/mol. The summed E-state index contributed by atoms with van der Waals surface area (Å²) in [6.45, 7) is 2.54. The van der Waals surface area contributed by atoms with E-state index in [1.165, 1.54) is 12.1 Å². The van der Waals surface area contributed by atoms with Crippen molar-refractivity contribution in [2.24, 2.45) is 5.10 Å². The van der Waals surface area contributed by atoms with Gasteiger partial charge >= 0.3 is 0 Å². The minimum absolute atomic E-state index is 0.154. The quantitative estimate of drug-likeness (QED) is 0.659. The highest BCUT2D eigenvalue weighted by Crippen LogP contribution is 2.10. The highest BCUT2D eigenvalue weighted by molar-refractivity contribution is 5.83. The van der Waals surface area contributed by atoms with Gasteiger partial charge in [0.25, 0.3) is 0 Å². The normalized spacial score (nSPS) is 10.6. The molecule has 0 saturated heterocycles. The van der Waals surface area contributed by atoms with E-state index in [2.05, 4.69) is 10.5 Å². The van der Waals surface area contributed by atoms with Gasteiger partial charge in [-0.15, -0.1) is 0 Å². The Morgan fingerprint density at radius 2 is 1.86 bits per heavy atom. The summed E-state index contributed by atoms with van der Waals surface area (Å²) in [5.41, 5.74) is 4.02. The van der Waals surface area contributed by atoms with Crippen LogP contribution in [0.4, 0.5) is 4.39 Å². The lowest BCUT2D eigenvalue weighted by atomic mass is 10.1. The number of nitrogens with one attached hydrogen (secondary N) is 1. The first-order valence-corrected chi connectivity index (χ1v) is 6.96. The molecule has 0 radical (unpaired) electrons. The van der Waals surface area contributed by atoms with E-state index in [1.807, 2.05) is 31.2 Å². The molecule has 5 heteroatoms. The Morgan fingerprint density at radius 1 is 1.18 bits per heavy atom. The van der Waals surface area contributed by atoms with Crippen molar-refractivity contribution in [1.82, 2.24) is 5.43 Å². The minimum atomic E-state index is -0.322. The van der Waals surface area contributed by atoms with E-state index < -0.39 is 0 Å². The van der Waals surface area contributed by atoms with E-state index in [9.17, 15) is 9.18 Å². The number of nitrogens with zero attached hydrogens (tertiary/aromatic N) is 1. The first-order valence-electron chi connectivity index (χ1n) is 6.96. The van der Waals surface area contributed by atoms with Crippen molar-refractivity contribution in [3.8, 4) is 5.75 Å². The number of hydrogen-bond acceptors (Lipinski definition) is 3. The van der Waals surface area contributed by atoms with Crippen LogP contribution in [0.15, 0.2) is 53.6 Å². The van der Waals surface area contributed by atoms with Crippen LogP contribution in [0.1, 0.15) is 18.1 Å². The van der Waals surface area contributed by atoms with Crippen molar-refractivity contribution >= 4 is 12.1 Å². The van der Waals surface area contributed by atoms with Gasteiger partial charge in [0.2, 0.25) is 5.91 Å². The molecule has 1 amide bonds. The first-order chi connectivity index (χ1) is 10.7. The molecular formula is C17H17FN2O2. The van der Waals surface area contributed by atoms with Crippen LogP contribution in [0.2, 0.25) is 0 Å². The van der Waals surface area contributed by atoms with E-state index >= 15 is 0 Å². The van der Waals surface area contributed by atoms with Crippen molar-refractivity contribution in [2.75, 3.05) is 6.61 Å². The number of hydrogen-bond donors (Lipinski definition) is 1. The second-order valence-electron chi connectivity index (χ2n) is 4.60. The molecule has 0 aliphatic carbocycles. The largest absolute Gasteiger partial charge is 0.494 e. The van der Waals surface area contributed by atoms with Crippen LogP contribution < -0.4 is 10.2 Å². The van der Waals surface area contributed by atoms with Gasteiger partial charge in [-0.05, 0) is 54.4 Å². The Bertz CT molecular complexity index is 637. The van der Waals surface area contributed by atoms with Gasteiger partial charge in [0.15, 0.2) is 0 Å². The van der Waals surface area contributed by atoms with Gasteiger partial charge in [0.1, 0.15) is 11.6 Å². The molecule has 0 aliphatic rings. The van der Waals surface area contributed by atoms with Crippen LogP contribution in [-0.2, 0) is 11.2 Å². The van der Waals surface area contributed by atoms with Crippen LogP contribution in [0.3, 0.4) is 0 Å². The van der Waals surface area contributed by atoms with Gasteiger partial charge in [0.05, 0.1) is 19.2 Å². The third kappa shape index (κ3) is 5.01. The first kappa shape index (κ1) is 15.7. The zero-order valence-corrected chi connectivity index (χ0v) is 12.3. The molecule has 0 fully saturated rings. The van der Waals surface area contributed by atoms with Gasteiger partial charge in [-0.1, -0.05) is 12.1 Å². The fourth-order valence-corrected chi connectivity index (χ4v) is 1.82. The number of amides is 1. The lowest BCUT2D eigenvalue weighted by molar-refractivity contribution is -0.120. The lowest BCUT2D eigenvalue weighted by Crippen LogP contribution is -2.19. The maximum Gasteiger partial charge on any atom is 0.244 e. The summed E-state index contributed by atoms with van der Waals surface area (Å²) in [5.74, 6) is 0.214. The van der Waals surface area contributed by atoms with Gasteiger partial charge < -0.3 is 4.74 Å². The topological polar surface area (TPSA) is 50.7 Å². The number of ether oxygens (including phenoxy) is 1.